The average Bonchev–Trinajstić information content (AvgIpc) is 3.25. The van der Waals surface area contributed by atoms with Crippen LogP contribution in [0.15, 0.2) is 48.5 Å². The third kappa shape index (κ3) is 6.56. The molecule has 12 heteroatoms. The predicted octanol–water partition coefficient (Wildman–Crippen LogP) is 4.35. The number of aromatic nitrogens is 4. The lowest BCUT2D eigenvalue weighted by atomic mass is 10.1. The van der Waals surface area contributed by atoms with Crippen molar-refractivity contribution in [2.75, 3.05) is 4.90 Å². The molecule has 0 aliphatic rings. The van der Waals surface area contributed by atoms with Gasteiger partial charge in [0, 0.05) is 22.3 Å². The van der Waals surface area contributed by atoms with Crippen molar-refractivity contribution in [2.24, 2.45) is 0 Å². The van der Waals surface area contributed by atoms with Gasteiger partial charge in [0.2, 0.25) is 11.7 Å². The number of tetrazole rings is 1. The van der Waals surface area contributed by atoms with E-state index in [-0.39, 0.29) is 24.3 Å². The summed E-state index contributed by atoms with van der Waals surface area (Å²) in [5.74, 6) is -0.730. The van der Waals surface area contributed by atoms with E-state index in [9.17, 15) is 22.8 Å². The van der Waals surface area contributed by atoms with Gasteiger partial charge in [-0.25, -0.2) is 0 Å². The fraction of sp³-hybridized carbons (Fsp3) is 0.348. The van der Waals surface area contributed by atoms with Crippen molar-refractivity contribution >= 4 is 29.1 Å². The van der Waals surface area contributed by atoms with E-state index in [1.54, 1.807) is 31.2 Å². The zero-order valence-electron chi connectivity index (χ0n) is 19.3. The minimum absolute atomic E-state index is 0.0640. The Bertz CT molecular complexity index is 1160. The molecule has 1 heterocycles. The van der Waals surface area contributed by atoms with Crippen LogP contribution in [0.5, 0.6) is 0 Å². The largest absolute Gasteiger partial charge is 0.416 e. The molecule has 0 aliphatic heterocycles. The molecular formula is C23H24ClF3N6O2. The topological polar surface area (TPSA) is 93.0 Å². The average molecular weight is 509 g/mol. The van der Waals surface area contributed by atoms with Gasteiger partial charge >= 0.3 is 6.18 Å². The predicted molar refractivity (Wildman–Crippen MR) is 125 cm³/mol. The minimum Gasteiger partial charge on any atom is -0.352 e. The Labute approximate surface area is 205 Å². The molecule has 1 aromatic heterocycles. The summed E-state index contributed by atoms with van der Waals surface area (Å²) >= 11 is 5.99. The van der Waals surface area contributed by atoms with E-state index >= 15 is 0 Å². The van der Waals surface area contributed by atoms with E-state index in [0.29, 0.717) is 22.7 Å². The van der Waals surface area contributed by atoms with Gasteiger partial charge < -0.3 is 5.32 Å². The normalized spacial score (nSPS) is 12.5. The molecule has 0 bridgehead atoms. The SMILES string of the molecule is CCC(C(=O)NC(C)C)N(C(=O)Cn1nnc(-c2ccc(C(F)(F)F)cc2)n1)c1ccc(Cl)cc1. The van der Waals surface area contributed by atoms with E-state index in [2.05, 4.69) is 20.7 Å². The number of anilines is 1. The summed E-state index contributed by atoms with van der Waals surface area (Å²) in [5.41, 5.74) is -0.0186. The third-order valence-corrected chi connectivity index (χ3v) is 5.26. The summed E-state index contributed by atoms with van der Waals surface area (Å²) in [6.07, 6.45) is -4.12. The quantitative estimate of drug-likeness (QED) is 0.488. The van der Waals surface area contributed by atoms with Crippen LogP contribution in [0, 0.1) is 0 Å². The monoisotopic (exact) mass is 508 g/mol. The number of alkyl halides is 3. The van der Waals surface area contributed by atoms with Gasteiger partial charge in [0.05, 0.1) is 5.56 Å². The molecule has 2 aromatic carbocycles. The summed E-state index contributed by atoms with van der Waals surface area (Å²) in [6.45, 7) is 5.08. The van der Waals surface area contributed by atoms with Crippen molar-refractivity contribution in [1.82, 2.24) is 25.5 Å². The number of hydrogen-bond acceptors (Lipinski definition) is 5. The molecule has 0 aliphatic carbocycles. The molecule has 2 amide bonds. The maximum Gasteiger partial charge on any atom is 0.416 e. The molecule has 0 spiro atoms. The maximum atomic E-state index is 13.3. The zero-order chi connectivity index (χ0) is 25.8. The Morgan fingerprint density at radius 2 is 1.71 bits per heavy atom. The van der Waals surface area contributed by atoms with Gasteiger partial charge in [-0.15, -0.1) is 10.2 Å². The first kappa shape index (κ1) is 26.1. The van der Waals surface area contributed by atoms with Crippen LogP contribution >= 0.6 is 11.6 Å². The first-order chi connectivity index (χ1) is 16.5. The molecule has 0 saturated carbocycles. The summed E-state index contributed by atoms with van der Waals surface area (Å²) in [5, 5.41) is 15.1. The molecule has 1 unspecified atom stereocenters. The van der Waals surface area contributed by atoms with E-state index in [1.165, 1.54) is 17.0 Å². The Kier molecular flexibility index (Phi) is 8.11. The lowest BCUT2D eigenvalue weighted by Gasteiger charge is -2.31. The molecule has 0 fully saturated rings. The van der Waals surface area contributed by atoms with Crippen molar-refractivity contribution < 1.29 is 22.8 Å². The van der Waals surface area contributed by atoms with Crippen molar-refractivity contribution in [3.63, 3.8) is 0 Å². The smallest absolute Gasteiger partial charge is 0.352 e. The van der Waals surface area contributed by atoms with Crippen LogP contribution in [-0.2, 0) is 22.3 Å². The fourth-order valence-corrected chi connectivity index (χ4v) is 3.52. The van der Waals surface area contributed by atoms with E-state index in [4.69, 9.17) is 11.6 Å². The van der Waals surface area contributed by atoms with Crippen molar-refractivity contribution in [2.45, 2.75) is 52.0 Å². The standard InChI is InChI=1S/C23H24ClF3N6O2/c1-4-19(22(35)28-14(2)3)33(18-11-9-17(24)10-12-18)20(34)13-32-30-21(29-31-32)15-5-7-16(8-6-15)23(25,26)27/h5-12,14,19H,4,13H2,1-3H3,(H,28,35). The van der Waals surface area contributed by atoms with Crippen molar-refractivity contribution in [3.05, 3.63) is 59.1 Å². The summed E-state index contributed by atoms with van der Waals surface area (Å²) in [4.78, 5) is 28.6. The van der Waals surface area contributed by atoms with Crippen LogP contribution < -0.4 is 10.2 Å². The molecule has 0 saturated heterocycles. The molecule has 1 N–H and O–H groups in total. The highest BCUT2D eigenvalue weighted by atomic mass is 35.5. The van der Waals surface area contributed by atoms with Crippen molar-refractivity contribution in [1.29, 1.82) is 0 Å². The van der Waals surface area contributed by atoms with Crippen LogP contribution in [0.2, 0.25) is 5.02 Å². The summed E-state index contributed by atoms with van der Waals surface area (Å²) < 4.78 is 38.4. The lowest BCUT2D eigenvalue weighted by Crippen LogP contribution is -2.52. The number of halogens is 4. The van der Waals surface area contributed by atoms with Crippen LogP contribution in [-0.4, -0.2) is 44.1 Å². The third-order valence-electron chi connectivity index (χ3n) is 5.01. The number of rotatable bonds is 8. The molecule has 3 rings (SSSR count). The zero-order valence-corrected chi connectivity index (χ0v) is 20.0. The van der Waals surface area contributed by atoms with Gasteiger partial charge in [-0.3, -0.25) is 14.5 Å². The summed E-state index contributed by atoms with van der Waals surface area (Å²) in [7, 11) is 0. The first-order valence-corrected chi connectivity index (χ1v) is 11.2. The molecule has 8 nitrogen and oxygen atoms in total. The highest BCUT2D eigenvalue weighted by Crippen LogP contribution is 2.30. The number of amides is 2. The highest BCUT2D eigenvalue weighted by molar-refractivity contribution is 6.30. The van der Waals surface area contributed by atoms with Crippen LogP contribution in [0.3, 0.4) is 0 Å². The molecule has 0 radical (unpaired) electrons. The molecule has 186 valence electrons. The van der Waals surface area contributed by atoms with Crippen LogP contribution in [0.1, 0.15) is 32.8 Å². The minimum atomic E-state index is -4.46. The molecule has 3 aromatic rings. The van der Waals surface area contributed by atoms with Crippen molar-refractivity contribution in [3.8, 4) is 11.4 Å². The fourth-order valence-electron chi connectivity index (χ4n) is 3.40. The van der Waals surface area contributed by atoms with Gasteiger partial charge in [-0.1, -0.05) is 30.7 Å². The second-order valence-electron chi connectivity index (χ2n) is 8.05. The van der Waals surface area contributed by atoms with E-state index in [1.807, 2.05) is 13.8 Å². The molecular weight excluding hydrogens is 485 g/mol. The lowest BCUT2D eigenvalue weighted by molar-refractivity contribution is -0.137. The number of benzene rings is 2. The van der Waals surface area contributed by atoms with Gasteiger partial charge in [-0.2, -0.15) is 18.0 Å². The Hall–Kier alpha value is -3.47. The van der Waals surface area contributed by atoms with Gasteiger partial charge in [0.15, 0.2) is 0 Å². The second kappa shape index (κ2) is 10.9. The highest BCUT2D eigenvalue weighted by Gasteiger charge is 2.31. The number of nitrogens with zero attached hydrogens (tertiary/aromatic N) is 5. The van der Waals surface area contributed by atoms with Crippen LogP contribution in [0.4, 0.5) is 18.9 Å². The maximum absolute atomic E-state index is 13.3. The van der Waals surface area contributed by atoms with Gasteiger partial charge in [0.25, 0.3) is 5.91 Å². The number of hydrogen-bond donors (Lipinski definition) is 1. The Morgan fingerprint density at radius 3 is 2.26 bits per heavy atom. The van der Waals surface area contributed by atoms with Gasteiger partial charge in [0.1, 0.15) is 12.6 Å². The van der Waals surface area contributed by atoms with Crippen LogP contribution in [0.25, 0.3) is 11.4 Å². The van der Waals surface area contributed by atoms with Gasteiger partial charge in [-0.05, 0) is 61.9 Å². The number of carbonyl (C=O) groups excluding carboxylic acids is 2. The Morgan fingerprint density at radius 1 is 1.09 bits per heavy atom. The Balaban J connectivity index is 1.85. The summed E-state index contributed by atoms with van der Waals surface area (Å²) in [6, 6.07) is 9.87. The van der Waals surface area contributed by atoms with E-state index < -0.39 is 23.7 Å². The number of carbonyl (C=O) groups is 2. The van der Waals surface area contributed by atoms with E-state index in [0.717, 1.165) is 16.9 Å². The first-order valence-electron chi connectivity index (χ1n) is 10.8. The second-order valence-corrected chi connectivity index (χ2v) is 8.48. The molecule has 35 heavy (non-hydrogen) atoms. The molecule has 1 atom stereocenters. The number of nitrogens with one attached hydrogen (secondary N) is 1.